The molecular weight excluding hydrogens is 232 g/mol. The van der Waals surface area contributed by atoms with Crippen LogP contribution < -0.4 is 5.32 Å². The van der Waals surface area contributed by atoms with E-state index < -0.39 is 10.8 Å². The molecule has 7 heteroatoms. The monoisotopic (exact) mass is 240 g/mol. The molecule has 0 fully saturated rings. The van der Waals surface area contributed by atoms with Gasteiger partial charge in [0.1, 0.15) is 0 Å². The zero-order valence-electron chi connectivity index (χ0n) is 7.88. The van der Waals surface area contributed by atoms with Gasteiger partial charge in [-0.1, -0.05) is 11.3 Å². The van der Waals surface area contributed by atoms with Gasteiger partial charge in [-0.25, -0.2) is 0 Å². The molecule has 0 aromatic carbocycles. The lowest BCUT2D eigenvalue weighted by Gasteiger charge is -1.98. The van der Waals surface area contributed by atoms with Gasteiger partial charge in [0, 0.05) is 12.5 Å². The van der Waals surface area contributed by atoms with Crippen LogP contribution in [0.3, 0.4) is 0 Å². The molecule has 0 radical (unpaired) electrons. The fourth-order valence-electron chi connectivity index (χ4n) is 0.937. The standard InChI is InChI=1S/C8H8N4OS2/c1-15(13)8-12-11-7(14-8)10-6-3-2-4-9-5-6/h2-5H,1H3,(H,10,11). The van der Waals surface area contributed by atoms with Crippen molar-refractivity contribution in [3.05, 3.63) is 24.5 Å². The Bertz CT molecular complexity index is 471. The minimum Gasteiger partial charge on any atom is -0.329 e. The molecular formula is C8H8N4OS2. The predicted molar refractivity (Wildman–Crippen MR) is 59.8 cm³/mol. The summed E-state index contributed by atoms with van der Waals surface area (Å²) in [5, 5.41) is 11.3. The van der Waals surface area contributed by atoms with Crippen LogP contribution in [0.1, 0.15) is 0 Å². The summed E-state index contributed by atoms with van der Waals surface area (Å²) in [5.41, 5.74) is 0.835. The lowest BCUT2D eigenvalue weighted by Crippen LogP contribution is -1.89. The SMILES string of the molecule is CS(=O)c1nnc(Nc2cccnc2)s1. The van der Waals surface area contributed by atoms with E-state index in [2.05, 4.69) is 20.5 Å². The van der Waals surface area contributed by atoms with Crippen LogP contribution in [0, 0.1) is 0 Å². The van der Waals surface area contributed by atoms with Crippen LogP contribution in [0.15, 0.2) is 28.9 Å². The van der Waals surface area contributed by atoms with Crippen molar-refractivity contribution in [1.82, 2.24) is 15.2 Å². The fourth-order valence-corrected chi connectivity index (χ4v) is 2.30. The molecule has 2 aromatic heterocycles. The second kappa shape index (κ2) is 4.45. The summed E-state index contributed by atoms with van der Waals surface area (Å²) in [4.78, 5) is 3.96. The Labute approximate surface area is 93.0 Å². The molecule has 0 aliphatic rings. The molecule has 78 valence electrons. The first-order valence-corrected chi connectivity index (χ1v) is 6.47. The second-order valence-corrected chi connectivity index (χ2v) is 5.22. The molecule has 1 atom stereocenters. The third-order valence-corrected chi connectivity index (χ3v) is 3.73. The third-order valence-electron chi connectivity index (χ3n) is 1.57. The summed E-state index contributed by atoms with van der Waals surface area (Å²) in [5.74, 6) is 0. The Morgan fingerprint density at radius 2 is 2.33 bits per heavy atom. The van der Waals surface area contributed by atoms with Gasteiger partial charge in [0.05, 0.1) is 22.7 Å². The zero-order valence-corrected chi connectivity index (χ0v) is 9.51. The van der Waals surface area contributed by atoms with Crippen molar-refractivity contribution in [3.8, 4) is 0 Å². The molecule has 0 bridgehead atoms. The van der Waals surface area contributed by atoms with Crippen LogP contribution in [-0.2, 0) is 10.8 Å². The van der Waals surface area contributed by atoms with Crippen molar-refractivity contribution in [1.29, 1.82) is 0 Å². The zero-order chi connectivity index (χ0) is 10.7. The molecule has 0 amide bonds. The molecule has 15 heavy (non-hydrogen) atoms. The Morgan fingerprint density at radius 1 is 1.47 bits per heavy atom. The molecule has 2 aromatic rings. The number of nitrogens with zero attached hydrogens (tertiary/aromatic N) is 3. The summed E-state index contributed by atoms with van der Waals surface area (Å²) in [6.07, 6.45) is 4.95. The number of hydrogen-bond donors (Lipinski definition) is 1. The van der Waals surface area contributed by atoms with Gasteiger partial charge in [0.15, 0.2) is 0 Å². The van der Waals surface area contributed by atoms with Gasteiger partial charge in [0.25, 0.3) is 0 Å². The summed E-state index contributed by atoms with van der Waals surface area (Å²) < 4.78 is 11.6. The molecule has 0 saturated heterocycles. The van der Waals surface area contributed by atoms with E-state index in [4.69, 9.17) is 0 Å². The highest BCUT2D eigenvalue weighted by molar-refractivity contribution is 7.86. The Hall–Kier alpha value is -1.34. The van der Waals surface area contributed by atoms with Crippen LogP contribution in [0.2, 0.25) is 0 Å². The highest BCUT2D eigenvalue weighted by Gasteiger charge is 2.06. The van der Waals surface area contributed by atoms with Crippen molar-refractivity contribution >= 4 is 33.0 Å². The van der Waals surface area contributed by atoms with Gasteiger partial charge >= 0.3 is 0 Å². The van der Waals surface area contributed by atoms with Crippen molar-refractivity contribution in [2.45, 2.75) is 4.34 Å². The molecule has 0 saturated carbocycles. The number of nitrogens with one attached hydrogen (secondary N) is 1. The minimum absolute atomic E-state index is 0.515. The minimum atomic E-state index is -1.08. The van der Waals surface area contributed by atoms with Gasteiger partial charge in [-0.3, -0.25) is 9.19 Å². The largest absolute Gasteiger partial charge is 0.329 e. The van der Waals surface area contributed by atoms with Crippen LogP contribution in [-0.4, -0.2) is 25.6 Å². The van der Waals surface area contributed by atoms with Gasteiger partial charge in [-0.05, 0) is 12.1 Å². The normalized spacial score (nSPS) is 12.3. The number of aromatic nitrogens is 3. The molecule has 1 N–H and O–H groups in total. The maximum atomic E-state index is 11.1. The van der Waals surface area contributed by atoms with Crippen molar-refractivity contribution in [2.24, 2.45) is 0 Å². The summed E-state index contributed by atoms with van der Waals surface area (Å²) in [7, 11) is -1.08. The van der Waals surface area contributed by atoms with E-state index >= 15 is 0 Å². The summed E-state index contributed by atoms with van der Waals surface area (Å²) in [6, 6.07) is 3.69. The van der Waals surface area contributed by atoms with E-state index in [1.807, 2.05) is 12.1 Å². The molecule has 0 aliphatic heterocycles. The second-order valence-electron chi connectivity index (χ2n) is 2.69. The van der Waals surface area contributed by atoms with Crippen LogP contribution in [0.25, 0.3) is 0 Å². The lowest BCUT2D eigenvalue weighted by molar-refractivity contribution is 0.685. The average Bonchev–Trinajstić information content (AvgIpc) is 2.68. The molecule has 2 rings (SSSR count). The van der Waals surface area contributed by atoms with Crippen LogP contribution >= 0.6 is 11.3 Å². The summed E-state index contributed by atoms with van der Waals surface area (Å²) in [6.45, 7) is 0. The summed E-state index contributed by atoms with van der Waals surface area (Å²) >= 11 is 1.27. The quantitative estimate of drug-likeness (QED) is 0.878. The average molecular weight is 240 g/mol. The highest BCUT2D eigenvalue weighted by Crippen LogP contribution is 2.21. The number of hydrogen-bond acceptors (Lipinski definition) is 6. The number of pyridine rings is 1. The van der Waals surface area contributed by atoms with E-state index in [0.717, 1.165) is 5.69 Å². The van der Waals surface area contributed by atoms with Crippen LogP contribution in [0.4, 0.5) is 10.8 Å². The Balaban J connectivity index is 2.15. The number of anilines is 2. The lowest BCUT2D eigenvalue weighted by atomic mass is 10.4. The first-order chi connectivity index (χ1) is 7.25. The van der Waals surface area contributed by atoms with Gasteiger partial charge in [-0.2, -0.15) is 0 Å². The van der Waals surface area contributed by atoms with Crippen molar-refractivity contribution in [3.63, 3.8) is 0 Å². The van der Waals surface area contributed by atoms with E-state index in [1.54, 1.807) is 18.6 Å². The fraction of sp³-hybridized carbons (Fsp3) is 0.125. The maximum Gasteiger partial charge on any atom is 0.211 e. The highest BCUT2D eigenvalue weighted by atomic mass is 32.2. The molecule has 2 heterocycles. The van der Waals surface area contributed by atoms with E-state index in [9.17, 15) is 4.21 Å². The smallest absolute Gasteiger partial charge is 0.211 e. The topological polar surface area (TPSA) is 67.8 Å². The Morgan fingerprint density at radius 3 is 2.93 bits per heavy atom. The Kier molecular flexibility index (Phi) is 3.02. The number of rotatable bonds is 3. The maximum absolute atomic E-state index is 11.1. The molecule has 1 unspecified atom stereocenters. The van der Waals surface area contributed by atoms with E-state index in [0.29, 0.717) is 9.47 Å². The molecule has 5 nitrogen and oxygen atoms in total. The predicted octanol–water partition coefficient (Wildman–Crippen LogP) is 1.41. The van der Waals surface area contributed by atoms with E-state index in [1.165, 1.54) is 11.3 Å². The van der Waals surface area contributed by atoms with Gasteiger partial charge in [0.2, 0.25) is 9.47 Å². The van der Waals surface area contributed by atoms with Crippen molar-refractivity contribution in [2.75, 3.05) is 11.6 Å². The van der Waals surface area contributed by atoms with Crippen LogP contribution in [0.5, 0.6) is 0 Å². The molecule has 0 aliphatic carbocycles. The first-order valence-electron chi connectivity index (χ1n) is 4.09. The van der Waals surface area contributed by atoms with Crippen molar-refractivity contribution < 1.29 is 4.21 Å². The van der Waals surface area contributed by atoms with E-state index in [-0.39, 0.29) is 0 Å². The van der Waals surface area contributed by atoms with Gasteiger partial charge < -0.3 is 5.32 Å². The molecule has 0 spiro atoms. The third kappa shape index (κ3) is 2.57. The van der Waals surface area contributed by atoms with Gasteiger partial charge in [-0.15, -0.1) is 10.2 Å². The first kappa shape index (κ1) is 10.2.